The molecular weight excluding hydrogens is 483 g/mol. The highest BCUT2D eigenvalue weighted by Crippen LogP contribution is 2.44. The van der Waals surface area contributed by atoms with Crippen LogP contribution in [0.1, 0.15) is 41.5 Å². The van der Waals surface area contributed by atoms with Crippen LogP contribution in [0.5, 0.6) is 0 Å². The molecule has 0 aliphatic carbocycles. The van der Waals surface area contributed by atoms with Crippen molar-refractivity contribution in [3.8, 4) is 22.4 Å². The number of aromatic nitrogens is 3. The predicted octanol–water partition coefficient (Wildman–Crippen LogP) is 5.10. The second-order valence-corrected chi connectivity index (χ2v) is 10.9. The van der Waals surface area contributed by atoms with Gasteiger partial charge in [-0.2, -0.15) is 0 Å². The van der Waals surface area contributed by atoms with E-state index in [1.54, 1.807) is 6.20 Å². The first kappa shape index (κ1) is 23.8. The lowest BCUT2D eigenvalue weighted by Crippen LogP contribution is -2.18. The van der Waals surface area contributed by atoms with Gasteiger partial charge in [0, 0.05) is 51.2 Å². The van der Waals surface area contributed by atoms with Gasteiger partial charge < -0.3 is 20.1 Å². The number of sulfonamides is 1. The van der Waals surface area contributed by atoms with Crippen LogP contribution in [0.15, 0.2) is 48.7 Å². The van der Waals surface area contributed by atoms with Gasteiger partial charge in [0.25, 0.3) is 0 Å². The molecule has 5 aromatic rings. The molecule has 0 bridgehead atoms. The third-order valence-corrected chi connectivity index (χ3v) is 7.15. The Morgan fingerprint density at radius 1 is 1.06 bits per heavy atom. The van der Waals surface area contributed by atoms with E-state index < -0.39 is 21.8 Å². The number of aromatic carboxylic acids is 1. The molecule has 3 aromatic heterocycles. The van der Waals surface area contributed by atoms with E-state index in [1.165, 1.54) is 12.1 Å². The van der Waals surface area contributed by atoms with Crippen LogP contribution in [0.3, 0.4) is 0 Å². The molecule has 8 nitrogen and oxygen atoms in total. The molecule has 0 saturated heterocycles. The molecular formula is C26H25FN4O4S. The highest BCUT2D eigenvalue weighted by Gasteiger charge is 2.28. The van der Waals surface area contributed by atoms with E-state index in [4.69, 9.17) is 5.14 Å². The number of nitrogens with two attached hydrogens (primary N) is 1. The van der Waals surface area contributed by atoms with Crippen molar-refractivity contribution < 1.29 is 22.7 Å². The van der Waals surface area contributed by atoms with E-state index in [0.29, 0.717) is 33.6 Å². The number of nitrogens with one attached hydrogen (secondary N) is 3. The standard InChI is InChI=1S/C26H25FN4O4S/c1-13(2)22-23(17-4-3-5-20-18(17)12-15(30-20)7-9-36(28,34)35)25(26(32)33)31-24(22)19-10-14(27)11-21-16(19)6-8-29-21/h3-6,8,10-13,29-31H,7,9H2,1-2H3,(H,32,33)(H2,28,34,35). The number of hydrogen-bond donors (Lipinski definition) is 5. The van der Waals surface area contributed by atoms with Crippen molar-refractivity contribution in [2.75, 3.05) is 5.75 Å². The Morgan fingerprint density at radius 2 is 1.83 bits per heavy atom. The lowest BCUT2D eigenvalue weighted by Gasteiger charge is -2.13. The van der Waals surface area contributed by atoms with Crippen LogP contribution in [0.4, 0.5) is 4.39 Å². The first-order valence-electron chi connectivity index (χ1n) is 11.4. The average molecular weight is 509 g/mol. The van der Waals surface area contributed by atoms with Gasteiger partial charge in [0.2, 0.25) is 10.0 Å². The van der Waals surface area contributed by atoms with Gasteiger partial charge in [0.15, 0.2) is 0 Å². The average Bonchev–Trinajstić information content (AvgIpc) is 3.52. The number of carboxylic acid groups (broad SMARTS) is 1. The molecule has 0 saturated carbocycles. The maximum atomic E-state index is 14.5. The summed E-state index contributed by atoms with van der Waals surface area (Å²) in [5.41, 5.74) is 5.08. The summed E-state index contributed by atoms with van der Waals surface area (Å²) < 4.78 is 37.4. The van der Waals surface area contributed by atoms with Crippen LogP contribution in [0.2, 0.25) is 0 Å². The SMILES string of the molecule is CC(C)c1c(-c2cc(F)cc3[nH]ccc23)[nH]c(C(=O)O)c1-c1cccc2[nH]c(CCS(N)(=O)=O)cc12. The molecule has 5 rings (SSSR count). The van der Waals surface area contributed by atoms with Crippen LogP contribution in [-0.4, -0.2) is 40.2 Å². The summed E-state index contributed by atoms with van der Waals surface area (Å²) in [6.07, 6.45) is 1.91. The second-order valence-electron chi connectivity index (χ2n) is 9.19. The summed E-state index contributed by atoms with van der Waals surface area (Å²) in [5, 5.41) is 16.9. The van der Waals surface area contributed by atoms with Gasteiger partial charge in [0.1, 0.15) is 11.5 Å². The smallest absolute Gasteiger partial charge is 0.352 e. The van der Waals surface area contributed by atoms with Crippen molar-refractivity contribution in [3.63, 3.8) is 0 Å². The minimum absolute atomic E-state index is 0.00133. The Kier molecular flexibility index (Phi) is 5.73. The summed E-state index contributed by atoms with van der Waals surface area (Å²) in [6.45, 7) is 3.93. The number of carboxylic acids is 1. The van der Waals surface area contributed by atoms with Crippen molar-refractivity contribution in [2.45, 2.75) is 26.2 Å². The second kappa shape index (κ2) is 8.65. The zero-order valence-corrected chi connectivity index (χ0v) is 20.5. The number of H-pyrrole nitrogens is 3. The number of primary sulfonamides is 1. The van der Waals surface area contributed by atoms with Gasteiger partial charge >= 0.3 is 5.97 Å². The third kappa shape index (κ3) is 4.18. The summed E-state index contributed by atoms with van der Waals surface area (Å²) in [5.74, 6) is -1.89. The molecule has 0 amide bonds. The normalized spacial score (nSPS) is 12.2. The Labute approximate surface area is 206 Å². The lowest BCUT2D eigenvalue weighted by molar-refractivity contribution is 0.0692. The molecule has 2 aromatic carbocycles. The fraction of sp³-hybridized carbons (Fsp3) is 0.192. The zero-order valence-electron chi connectivity index (χ0n) is 19.6. The Bertz CT molecular complexity index is 1740. The van der Waals surface area contributed by atoms with E-state index in [1.807, 2.05) is 44.2 Å². The van der Waals surface area contributed by atoms with Crippen molar-refractivity contribution in [2.24, 2.45) is 5.14 Å². The largest absolute Gasteiger partial charge is 0.477 e. The molecule has 36 heavy (non-hydrogen) atoms. The highest BCUT2D eigenvalue weighted by molar-refractivity contribution is 7.89. The number of aromatic amines is 3. The Morgan fingerprint density at radius 3 is 2.53 bits per heavy atom. The summed E-state index contributed by atoms with van der Waals surface area (Å²) in [7, 11) is -3.64. The molecule has 10 heteroatoms. The molecule has 186 valence electrons. The Balaban J connectivity index is 1.78. The summed E-state index contributed by atoms with van der Waals surface area (Å²) >= 11 is 0. The quantitative estimate of drug-likeness (QED) is 0.208. The van der Waals surface area contributed by atoms with Crippen LogP contribution < -0.4 is 5.14 Å². The molecule has 6 N–H and O–H groups in total. The fourth-order valence-corrected chi connectivity index (χ4v) is 5.41. The number of aryl methyl sites for hydroxylation is 1. The van der Waals surface area contributed by atoms with Crippen LogP contribution >= 0.6 is 0 Å². The third-order valence-electron chi connectivity index (χ3n) is 6.38. The van der Waals surface area contributed by atoms with Crippen molar-refractivity contribution >= 4 is 37.8 Å². The van der Waals surface area contributed by atoms with Gasteiger partial charge in [-0.1, -0.05) is 26.0 Å². The monoisotopic (exact) mass is 508 g/mol. The molecule has 0 fully saturated rings. The predicted molar refractivity (Wildman–Crippen MR) is 138 cm³/mol. The molecule has 0 radical (unpaired) electrons. The number of benzene rings is 2. The van der Waals surface area contributed by atoms with Crippen LogP contribution in [-0.2, 0) is 16.4 Å². The summed E-state index contributed by atoms with van der Waals surface area (Å²) in [6, 6.07) is 12.0. The van der Waals surface area contributed by atoms with E-state index in [-0.39, 0.29) is 23.8 Å². The van der Waals surface area contributed by atoms with Gasteiger partial charge in [-0.3, -0.25) is 0 Å². The number of carbonyl (C=O) groups is 1. The minimum Gasteiger partial charge on any atom is -0.477 e. The van der Waals surface area contributed by atoms with Crippen molar-refractivity contribution in [1.82, 2.24) is 15.0 Å². The van der Waals surface area contributed by atoms with Crippen molar-refractivity contribution in [3.05, 3.63) is 71.4 Å². The Hall–Kier alpha value is -3.89. The first-order valence-corrected chi connectivity index (χ1v) is 13.1. The van der Waals surface area contributed by atoms with E-state index in [9.17, 15) is 22.7 Å². The van der Waals surface area contributed by atoms with E-state index in [2.05, 4.69) is 15.0 Å². The molecule has 0 spiro atoms. The summed E-state index contributed by atoms with van der Waals surface area (Å²) in [4.78, 5) is 21.8. The molecule has 0 aliphatic rings. The van der Waals surface area contributed by atoms with Gasteiger partial charge in [0.05, 0.1) is 11.4 Å². The van der Waals surface area contributed by atoms with Gasteiger partial charge in [-0.25, -0.2) is 22.7 Å². The maximum absolute atomic E-state index is 14.5. The van der Waals surface area contributed by atoms with Crippen molar-refractivity contribution in [1.29, 1.82) is 0 Å². The van der Waals surface area contributed by atoms with Crippen LogP contribution in [0, 0.1) is 5.82 Å². The van der Waals surface area contributed by atoms with Crippen LogP contribution in [0.25, 0.3) is 44.2 Å². The highest BCUT2D eigenvalue weighted by atomic mass is 32.2. The number of rotatable bonds is 7. The molecule has 3 heterocycles. The molecule has 0 aliphatic heterocycles. The topological polar surface area (TPSA) is 145 Å². The van der Waals surface area contributed by atoms with Gasteiger partial charge in [-0.15, -0.1) is 0 Å². The number of halogens is 1. The minimum atomic E-state index is -3.64. The van der Waals surface area contributed by atoms with E-state index >= 15 is 0 Å². The zero-order chi connectivity index (χ0) is 25.8. The number of hydrogen-bond acceptors (Lipinski definition) is 3. The molecule has 0 unspecified atom stereocenters. The maximum Gasteiger partial charge on any atom is 0.352 e. The lowest BCUT2D eigenvalue weighted by atomic mass is 9.89. The first-order chi connectivity index (χ1) is 17.0. The van der Waals surface area contributed by atoms with Gasteiger partial charge in [-0.05, 0) is 47.4 Å². The fourth-order valence-electron chi connectivity index (χ4n) is 4.90. The van der Waals surface area contributed by atoms with E-state index in [0.717, 1.165) is 21.9 Å². The molecule has 0 atom stereocenters. The number of fused-ring (bicyclic) bond motifs is 2.